The Balaban J connectivity index is 1.50. The molecule has 1 saturated carbocycles. The van der Waals surface area contributed by atoms with Gasteiger partial charge in [-0.1, -0.05) is 12.1 Å². The highest BCUT2D eigenvalue weighted by molar-refractivity contribution is 5.78. The van der Waals surface area contributed by atoms with E-state index in [-0.39, 0.29) is 11.3 Å². The van der Waals surface area contributed by atoms with Crippen LogP contribution in [-0.2, 0) is 14.9 Å². The minimum absolute atomic E-state index is 0.113. The molecule has 1 aliphatic carbocycles. The van der Waals surface area contributed by atoms with Crippen molar-refractivity contribution in [1.29, 1.82) is 0 Å². The Hall–Kier alpha value is -1.59. The summed E-state index contributed by atoms with van der Waals surface area (Å²) >= 11 is 0. The first-order chi connectivity index (χ1) is 10.7. The van der Waals surface area contributed by atoms with E-state index in [4.69, 9.17) is 9.47 Å². The number of morpholine rings is 1. The van der Waals surface area contributed by atoms with E-state index >= 15 is 0 Å². The van der Waals surface area contributed by atoms with Crippen molar-refractivity contribution in [2.45, 2.75) is 18.3 Å². The fourth-order valence-corrected chi connectivity index (χ4v) is 2.95. The Bertz CT molecular complexity index is 505. The smallest absolute Gasteiger partial charge is 0.234 e. The van der Waals surface area contributed by atoms with Crippen LogP contribution in [0, 0.1) is 0 Å². The van der Waals surface area contributed by atoms with Gasteiger partial charge in [-0.2, -0.15) is 0 Å². The second-order valence-electron chi connectivity index (χ2n) is 6.17. The van der Waals surface area contributed by atoms with Gasteiger partial charge in [0.05, 0.1) is 26.9 Å². The summed E-state index contributed by atoms with van der Waals surface area (Å²) in [5.74, 6) is 0.984. The first-order valence-corrected chi connectivity index (χ1v) is 7.93. The summed E-state index contributed by atoms with van der Waals surface area (Å²) < 4.78 is 10.5. The van der Waals surface area contributed by atoms with Crippen molar-refractivity contribution in [2.75, 3.05) is 46.5 Å². The molecule has 2 aliphatic rings. The molecule has 0 atom stereocenters. The number of carbonyl (C=O) groups is 1. The van der Waals surface area contributed by atoms with Crippen molar-refractivity contribution in [3.05, 3.63) is 29.8 Å². The third kappa shape index (κ3) is 3.59. The average Bonchev–Trinajstić information content (AvgIpc) is 3.35. The van der Waals surface area contributed by atoms with Crippen LogP contribution < -0.4 is 10.1 Å². The van der Waals surface area contributed by atoms with Crippen molar-refractivity contribution in [1.82, 2.24) is 10.2 Å². The van der Waals surface area contributed by atoms with Gasteiger partial charge in [-0.25, -0.2) is 0 Å². The molecule has 3 rings (SSSR count). The van der Waals surface area contributed by atoms with Gasteiger partial charge in [0.15, 0.2) is 0 Å². The van der Waals surface area contributed by atoms with Gasteiger partial charge >= 0.3 is 0 Å². The van der Waals surface area contributed by atoms with Gasteiger partial charge in [0.1, 0.15) is 5.75 Å². The number of hydrogen-bond acceptors (Lipinski definition) is 4. The van der Waals surface area contributed by atoms with Crippen molar-refractivity contribution in [3.63, 3.8) is 0 Å². The van der Waals surface area contributed by atoms with Crippen LogP contribution in [0.3, 0.4) is 0 Å². The number of benzene rings is 1. The maximum absolute atomic E-state index is 12.1. The summed E-state index contributed by atoms with van der Waals surface area (Å²) in [7, 11) is 1.67. The topological polar surface area (TPSA) is 50.8 Å². The number of ether oxygens (including phenoxy) is 2. The van der Waals surface area contributed by atoms with Gasteiger partial charge in [-0.05, 0) is 30.5 Å². The molecular formula is C17H24N2O3. The number of methoxy groups -OCH3 is 1. The van der Waals surface area contributed by atoms with E-state index in [0.717, 1.165) is 51.4 Å². The normalized spacial score (nSPS) is 20.4. The Labute approximate surface area is 131 Å². The molecule has 1 aromatic rings. The van der Waals surface area contributed by atoms with E-state index in [2.05, 4.69) is 22.3 Å². The summed E-state index contributed by atoms with van der Waals surface area (Å²) in [6.07, 6.45) is 2.27. The number of carbonyl (C=O) groups excluding carboxylic acids is 1. The lowest BCUT2D eigenvalue weighted by Crippen LogP contribution is -2.44. The highest BCUT2D eigenvalue weighted by Gasteiger charge is 2.44. The van der Waals surface area contributed by atoms with Crippen LogP contribution in [0.5, 0.6) is 5.75 Å². The lowest BCUT2D eigenvalue weighted by atomic mass is 9.96. The molecule has 1 aromatic carbocycles. The number of amides is 1. The second-order valence-corrected chi connectivity index (χ2v) is 6.17. The lowest BCUT2D eigenvalue weighted by molar-refractivity contribution is -0.123. The van der Waals surface area contributed by atoms with E-state index in [9.17, 15) is 4.79 Å². The van der Waals surface area contributed by atoms with Crippen molar-refractivity contribution < 1.29 is 14.3 Å². The molecule has 0 radical (unpaired) electrons. The zero-order chi connectivity index (χ0) is 15.4. The van der Waals surface area contributed by atoms with Gasteiger partial charge in [-0.15, -0.1) is 0 Å². The highest BCUT2D eigenvalue weighted by Crippen LogP contribution is 2.47. The maximum Gasteiger partial charge on any atom is 0.234 e. The summed E-state index contributed by atoms with van der Waals surface area (Å²) in [6, 6.07) is 8.20. The van der Waals surface area contributed by atoms with Crippen molar-refractivity contribution in [2.24, 2.45) is 0 Å². The SMILES string of the molecule is COc1ccc(C2(CNC(=O)CN3CCOCC3)CC2)cc1. The fourth-order valence-electron chi connectivity index (χ4n) is 2.95. The molecule has 2 fully saturated rings. The van der Waals surface area contributed by atoms with Gasteiger partial charge in [0.2, 0.25) is 5.91 Å². The van der Waals surface area contributed by atoms with Gasteiger partial charge in [0.25, 0.3) is 0 Å². The summed E-state index contributed by atoms with van der Waals surface area (Å²) in [5.41, 5.74) is 1.42. The summed E-state index contributed by atoms with van der Waals surface area (Å²) in [4.78, 5) is 14.2. The van der Waals surface area contributed by atoms with Crippen LogP contribution in [0.2, 0.25) is 0 Å². The zero-order valence-corrected chi connectivity index (χ0v) is 13.1. The van der Waals surface area contributed by atoms with Crippen molar-refractivity contribution in [3.8, 4) is 5.75 Å². The minimum Gasteiger partial charge on any atom is -0.497 e. The summed E-state index contributed by atoms with van der Waals surface area (Å²) in [5, 5.41) is 3.11. The predicted molar refractivity (Wildman–Crippen MR) is 84.2 cm³/mol. The fraction of sp³-hybridized carbons (Fsp3) is 0.588. The Morgan fingerprint density at radius 1 is 1.27 bits per heavy atom. The number of hydrogen-bond donors (Lipinski definition) is 1. The first-order valence-electron chi connectivity index (χ1n) is 7.93. The first kappa shape index (κ1) is 15.3. The monoisotopic (exact) mass is 304 g/mol. The second kappa shape index (κ2) is 6.67. The predicted octanol–water partition coefficient (Wildman–Crippen LogP) is 1.18. The minimum atomic E-state index is 0.113. The highest BCUT2D eigenvalue weighted by atomic mass is 16.5. The van der Waals surface area contributed by atoms with Crippen LogP contribution in [0.25, 0.3) is 0 Å². The van der Waals surface area contributed by atoms with Crippen LogP contribution in [0.4, 0.5) is 0 Å². The van der Waals surface area contributed by atoms with E-state index < -0.39 is 0 Å². The molecule has 1 amide bonds. The zero-order valence-electron chi connectivity index (χ0n) is 13.1. The molecule has 1 saturated heterocycles. The van der Waals surface area contributed by atoms with Gasteiger partial charge in [-0.3, -0.25) is 9.69 Å². The Morgan fingerprint density at radius 2 is 1.95 bits per heavy atom. The summed E-state index contributed by atoms with van der Waals surface area (Å²) in [6.45, 7) is 4.34. The van der Waals surface area contributed by atoms with Crippen LogP contribution in [-0.4, -0.2) is 57.3 Å². The molecule has 5 heteroatoms. The number of nitrogens with one attached hydrogen (secondary N) is 1. The quantitative estimate of drug-likeness (QED) is 0.857. The lowest BCUT2D eigenvalue weighted by Gasteiger charge is -2.26. The molecular weight excluding hydrogens is 280 g/mol. The third-order valence-electron chi connectivity index (χ3n) is 4.65. The molecule has 5 nitrogen and oxygen atoms in total. The number of rotatable bonds is 6. The largest absolute Gasteiger partial charge is 0.497 e. The van der Waals surface area contributed by atoms with Crippen molar-refractivity contribution >= 4 is 5.91 Å². The molecule has 1 N–H and O–H groups in total. The van der Waals surface area contributed by atoms with Crippen LogP contribution in [0.15, 0.2) is 24.3 Å². The van der Waals surface area contributed by atoms with Gasteiger partial charge < -0.3 is 14.8 Å². The van der Waals surface area contributed by atoms with Crippen LogP contribution >= 0.6 is 0 Å². The average molecular weight is 304 g/mol. The third-order valence-corrected chi connectivity index (χ3v) is 4.65. The Kier molecular flexibility index (Phi) is 4.64. The molecule has 1 heterocycles. The van der Waals surface area contributed by atoms with E-state index in [1.165, 1.54) is 5.56 Å². The van der Waals surface area contributed by atoms with E-state index in [1.54, 1.807) is 7.11 Å². The van der Waals surface area contributed by atoms with Gasteiger partial charge in [0, 0.05) is 25.0 Å². The molecule has 0 spiro atoms. The van der Waals surface area contributed by atoms with Crippen LogP contribution in [0.1, 0.15) is 18.4 Å². The molecule has 0 unspecified atom stereocenters. The molecule has 1 aliphatic heterocycles. The molecule has 0 aromatic heterocycles. The molecule has 120 valence electrons. The molecule has 0 bridgehead atoms. The number of nitrogens with zero attached hydrogens (tertiary/aromatic N) is 1. The van der Waals surface area contributed by atoms with E-state index in [0.29, 0.717) is 6.54 Å². The maximum atomic E-state index is 12.1. The van der Waals surface area contributed by atoms with E-state index in [1.807, 2.05) is 12.1 Å². The molecule has 22 heavy (non-hydrogen) atoms. The Morgan fingerprint density at radius 3 is 2.55 bits per heavy atom. The standard InChI is InChI=1S/C17H24N2O3/c1-21-15-4-2-14(3-5-15)17(6-7-17)13-18-16(20)12-19-8-10-22-11-9-19/h2-5H,6-13H2,1H3,(H,18,20).